The molecule has 1 aromatic carbocycles. The van der Waals surface area contributed by atoms with E-state index in [1.54, 1.807) is 0 Å². The second kappa shape index (κ2) is 5.00. The number of hydrogen-bond acceptors (Lipinski definition) is 3. The van der Waals surface area contributed by atoms with Crippen LogP contribution in [0.3, 0.4) is 0 Å². The predicted octanol–water partition coefficient (Wildman–Crippen LogP) is 3.43. The number of pyridine rings is 1. The molecule has 1 aromatic heterocycles. The molecular formula is C16H17NO2. The minimum absolute atomic E-state index is 0.00848. The Balaban J connectivity index is 1.91. The lowest BCUT2D eigenvalue weighted by atomic mass is 9.96. The molecule has 3 heteroatoms. The Hall–Kier alpha value is -1.90. The van der Waals surface area contributed by atoms with Crippen LogP contribution >= 0.6 is 0 Å². The molecule has 98 valence electrons. The third-order valence-corrected chi connectivity index (χ3v) is 3.55. The van der Waals surface area contributed by atoms with Gasteiger partial charge in [0.15, 0.2) is 0 Å². The van der Waals surface area contributed by atoms with E-state index in [1.165, 1.54) is 0 Å². The summed E-state index contributed by atoms with van der Waals surface area (Å²) in [5.74, 6) is 1.10. The van der Waals surface area contributed by atoms with E-state index in [2.05, 4.69) is 11.1 Å². The van der Waals surface area contributed by atoms with Crippen molar-refractivity contribution in [2.24, 2.45) is 0 Å². The number of carbonyl (C=O) groups is 1. The van der Waals surface area contributed by atoms with E-state index in [9.17, 15) is 4.79 Å². The fourth-order valence-electron chi connectivity index (χ4n) is 2.58. The number of nitrogens with zero attached hydrogens (tertiary/aromatic N) is 1. The largest absolute Gasteiger partial charge is 0.488 e. The van der Waals surface area contributed by atoms with Gasteiger partial charge in [-0.1, -0.05) is 18.2 Å². The summed E-state index contributed by atoms with van der Waals surface area (Å²) in [7, 11) is 0. The number of aryl methyl sites for hydroxylation is 1. The lowest BCUT2D eigenvalue weighted by Crippen LogP contribution is -2.25. The Morgan fingerprint density at radius 1 is 1.26 bits per heavy atom. The molecule has 0 bridgehead atoms. The molecule has 1 atom stereocenters. The number of benzene rings is 1. The average molecular weight is 255 g/mol. The Labute approximate surface area is 112 Å². The van der Waals surface area contributed by atoms with Crippen LogP contribution in [-0.4, -0.2) is 16.9 Å². The summed E-state index contributed by atoms with van der Waals surface area (Å²) >= 11 is 0. The van der Waals surface area contributed by atoms with Gasteiger partial charge in [0, 0.05) is 23.9 Å². The highest BCUT2D eigenvalue weighted by atomic mass is 16.5. The topological polar surface area (TPSA) is 39.2 Å². The second-order valence-corrected chi connectivity index (χ2v) is 5.16. The number of aromatic nitrogens is 1. The molecule has 1 unspecified atom stereocenters. The van der Waals surface area contributed by atoms with Crippen LogP contribution in [0.2, 0.25) is 0 Å². The van der Waals surface area contributed by atoms with E-state index in [1.807, 2.05) is 31.2 Å². The molecule has 1 fully saturated rings. The van der Waals surface area contributed by atoms with Gasteiger partial charge in [0.25, 0.3) is 0 Å². The number of ether oxygens (including phenoxy) is 1. The summed E-state index contributed by atoms with van der Waals surface area (Å²) in [5.41, 5.74) is 1.86. The first-order valence-electron chi connectivity index (χ1n) is 6.77. The van der Waals surface area contributed by atoms with Crippen LogP contribution in [0.5, 0.6) is 5.75 Å². The quantitative estimate of drug-likeness (QED) is 0.825. The van der Waals surface area contributed by atoms with Crippen LogP contribution in [0.4, 0.5) is 0 Å². The molecule has 0 aliphatic heterocycles. The van der Waals surface area contributed by atoms with Gasteiger partial charge in [0.1, 0.15) is 23.2 Å². The van der Waals surface area contributed by atoms with E-state index in [0.717, 1.165) is 35.2 Å². The van der Waals surface area contributed by atoms with Crippen molar-refractivity contribution in [2.75, 3.05) is 0 Å². The van der Waals surface area contributed by atoms with E-state index in [-0.39, 0.29) is 6.10 Å². The smallest absolute Gasteiger partial charge is 0.145 e. The molecule has 1 heterocycles. The van der Waals surface area contributed by atoms with Gasteiger partial charge in [-0.25, -0.2) is 4.98 Å². The highest BCUT2D eigenvalue weighted by molar-refractivity contribution is 5.84. The lowest BCUT2D eigenvalue weighted by molar-refractivity contribution is -0.122. The lowest BCUT2D eigenvalue weighted by Gasteiger charge is -2.22. The highest BCUT2D eigenvalue weighted by Gasteiger charge is 2.21. The highest BCUT2D eigenvalue weighted by Crippen LogP contribution is 2.27. The number of ketones is 1. The number of Topliss-reactive ketones (excluding diaryl/α,β-unsaturated/α-hetero) is 1. The fourth-order valence-corrected chi connectivity index (χ4v) is 2.58. The van der Waals surface area contributed by atoms with Crippen LogP contribution in [0.15, 0.2) is 30.3 Å². The molecule has 0 spiro atoms. The van der Waals surface area contributed by atoms with Gasteiger partial charge in [-0.05, 0) is 31.9 Å². The third-order valence-electron chi connectivity index (χ3n) is 3.55. The minimum atomic E-state index is 0.00848. The molecule has 3 rings (SSSR count). The van der Waals surface area contributed by atoms with Gasteiger partial charge in [-0.2, -0.15) is 0 Å². The first-order valence-corrected chi connectivity index (χ1v) is 6.77. The van der Waals surface area contributed by atoms with E-state index >= 15 is 0 Å². The van der Waals surface area contributed by atoms with Crippen molar-refractivity contribution < 1.29 is 9.53 Å². The molecule has 1 saturated carbocycles. The van der Waals surface area contributed by atoms with Gasteiger partial charge in [-0.15, -0.1) is 0 Å². The van der Waals surface area contributed by atoms with Crippen molar-refractivity contribution in [1.29, 1.82) is 0 Å². The SMILES string of the molecule is Cc1ccc2cccc(OC3CCCC(=O)C3)c2n1. The zero-order valence-electron chi connectivity index (χ0n) is 11.1. The number of hydrogen-bond donors (Lipinski definition) is 0. The molecule has 1 aliphatic carbocycles. The van der Waals surface area contributed by atoms with Crippen molar-refractivity contribution in [2.45, 2.75) is 38.7 Å². The molecular weight excluding hydrogens is 238 g/mol. The zero-order chi connectivity index (χ0) is 13.2. The molecule has 0 amide bonds. The summed E-state index contributed by atoms with van der Waals surface area (Å²) in [6, 6.07) is 9.99. The Morgan fingerprint density at radius 3 is 3.00 bits per heavy atom. The normalized spacial score (nSPS) is 19.6. The van der Waals surface area contributed by atoms with Gasteiger partial charge in [0.05, 0.1) is 0 Å². The van der Waals surface area contributed by atoms with Gasteiger partial charge in [-0.3, -0.25) is 4.79 Å². The molecule has 2 aromatic rings. The summed E-state index contributed by atoms with van der Waals surface area (Å²) in [6.45, 7) is 1.97. The molecule has 3 nitrogen and oxygen atoms in total. The van der Waals surface area contributed by atoms with E-state index in [4.69, 9.17) is 4.74 Å². The average Bonchev–Trinajstić information content (AvgIpc) is 2.39. The van der Waals surface area contributed by atoms with Crippen LogP contribution in [-0.2, 0) is 4.79 Å². The molecule has 0 saturated heterocycles. The third kappa shape index (κ3) is 2.60. The van der Waals surface area contributed by atoms with Crippen molar-refractivity contribution >= 4 is 16.7 Å². The predicted molar refractivity (Wildman–Crippen MR) is 74.4 cm³/mol. The van der Waals surface area contributed by atoms with Gasteiger partial charge < -0.3 is 4.74 Å². The van der Waals surface area contributed by atoms with E-state index < -0.39 is 0 Å². The van der Waals surface area contributed by atoms with Gasteiger partial charge >= 0.3 is 0 Å². The summed E-state index contributed by atoms with van der Waals surface area (Å²) in [6.07, 6.45) is 3.12. The molecule has 0 radical (unpaired) electrons. The van der Waals surface area contributed by atoms with Crippen molar-refractivity contribution in [3.05, 3.63) is 36.0 Å². The van der Waals surface area contributed by atoms with Crippen LogP contribution < -0.4 is 4.74 Å². The minimum Gasteiger partial charge on any atom is -0.488 e. The number of fused-ring (bicyclic) bond motifs is 1. The maximum absolute atomic E-state index is 11.5. The molecule has 1 aliphatic rings. The number of rotatable bonds is 2. The van der Waals surface area contributed by atoms with Crippen molar-refractivity contribution in [1.82, 2.24) is 4.98 Å². The van der Waals surface area contributed by atoms with Crippen molar-refractivity contribution in [3.8, 4) is 5.75 Å². The van der Waals surface area contributed by atoms with Crippen LogP contribution in [0.1, 0.15) is 31.4 Å². The summed E-state index contributed by atoms with van der Waals surface area (Å²) in [4.78, 5) is 16.0. The number of para-hydroxylation sites is 1. The van der Waals surface area contributed by atoms with E-state index in [0.29, 0.717) is 18.6 Å². The monoisotopic (exact) mass is 255 g/mol. The Bertz CT molecular complexity index is 621. The van der Waals surface area contributed by atoms with Gasteiger partial charge in [0.2, 0.25) is 0 Å². The molecule has 19 heavy (non-hydrogen) atoms. The summed E-state index contributed by atoms with van der Waals surface area (Å²) in [5, 5.41) is 1.07. The number of carbonyl (C=O) groups excluding carboxylic acids is 1. The Morgan fingerprint density at radius 2 is 2.16 bits per heavy atom. The second-order valence-electron chi connectivity index (χ2n) is 5.16. The summed E-state index contributed by atoms with van der Waals surface area (Å²) < 4.78 is 6.01. The van der Waals surface area contributed by atoms with Crippen molar-refractivity contribution in [3.63, 3.8) is 0 Å². The maximum Gasteiger partial charge on any atom is 0.145 e. The Kier molecular flexibility index (Phi) is 3.20. The molecule has 0 N–H and O–H groups in total. The first kappa shape index (κ1) is 12.2. The maximum atomic E-state index is 11.5. The standard InChI is InChI=1S/C16H17NO2/c1-11-8-9-12-4-2-7-15(16(12)17-11)19-14-6-3-5-13(18)10-14/h2,4,7-9,14H,3,5-6,10H2,1H3. The zero-order valence-corrected chi connectivity index (χ0v) is 11.1. The first-order chi connectivity index (χ1) is 9.22. The van der Waals surface area contributed by atoms with Crippen LogP contribution in [0.25, 0.3) is 10.9 Å². The fraction of sp³-hybridized carbons (Fsp3) is 0.375. The van der Waals surface area contributed by atoms with Crippen LogP contribution in [0, 0.1) is 6.92 Å².